The molecule has 3 heterocycles. The second-order valence-electron chi connectivity index (χ2n) is 9.95. The van der Waals surface area contributed by atoms with Crippen LogP contribution < -0.4 is 10.6 Å². The Hall–Kier alpha value is -3.54. The lowest BCUT2D eigenvalue weighted by molar-refractivity contribution is 0.0915. The Bertz CT molecular complexity index is 1560. The average Bonchev–Trinajstić information content (AvgIpc) is 3.48. The summed E-state index contributed by atoms with van der Waals surface area (Å²) in [6.07, 6.45) is 0. The molecule has 0 bridgehead atoms. The van der Waals surface area contributed by atoms with E-state index in [9.17, 15) is 18.0 Å². The van der Waals surface area contributed by atoms with Gasteiger partial charge < -0.3 is 10.6 Å². The number of aromatic nitrogens is 2. The summed E-state index contributed by atoms with van der Waals surface area (Å²) in [5.74, 6) is 0.294. The minimum Gasteiger partial charge on any atom is -0.342 e. The molecule has 0 spiro atoms. The third kappa shape index (κ3) is 5.79. The summed E-state index contributed by atoms with van der Waals surface area (Å²) in [4.78, 5) is 29.1. The number of aromatic amines is 1. The molecule has 3 N–H and O–H groups in total. The van der Waals surface area contributed by atoms with Gasteiger partial charge in [0.25, 0.3) is 11.8 Å². The van der Waals surface area contributed by atoms with Crippen LogP contribution >= 0.6 is 11.3 Å². The van der Waals surface area contributed by atoms with E-state index in [1.807, 2.05) is 56.3 Å². The second kappa shape index (κ2) is 10.3. The summed E-state index contributed by atoms with van der Waals surface area (Å²) in [6.45, 7) is 5.58. The molecule has 1 fully saturated rings. The number of nitrogens with zero attached hydrogens (tertiary/aromatic N) is 2. The fourth-order valence-corrected chi connectivity index (χ4v) is 6.57. The van der Waals surface area contributed by atoms with Crippen LogP contribution in [0.25, 0.3) is 10.2 Å². The molecule has 1 saturated heterocycles. The maximum Gasteiger partial charge on any atom is 0.262 e. The molecule has 0 unspecified atom stereocenters. The Kier molecular flexibility index (Phi) is 7.08. The van der Waals surface area contributed by atoms with Gasteiger partial charge in [-0.3, -0.25) is 19.6 Å². The Labute approximate surface area is 225 Å². The van der Waals surface area contributed by atoms with E-state index in [0.29, 0.717) is 46.1 Å². The molecule has 1 aliphatic heterocycles. The zero-order chi connectivity index (χ0) is 26.9. The molecule has 0 saturated carbocycles. The van der Waals surface area contributed by atoms with Crippen molar-refractivity contribution in [3.8, 4) is 0 Å². The number of amides is 2. The van der Waals surface area contributed by atoms with Gasteiger partial charge in [0.05, 0.1) is 27.3 Å². The molecule has 0 atom stereocenters. The molecule has 0 radical (unpaired) electrons. The van der Waals surface area contributed by atoms with E-state index in [1.54, 1.807) is 18.2 Å². The molecular weight excluding hydrogens is 522 g/mol. The van der Waals surface area contributed by atoms with E-state index >= 15 is 0 Å². The topological polar surface area (TPSA) is 124 Å². The van der Waals surface area contributed by atoms with Crippen LogP contribution in [0, 0.1) is 0 Å². The number of benzene rings is 2. The van der Waals surface area contributed by atoms with Crippen molar-refractivity contribution < 1.29 is 18.0 Å². The molecule has 2 amide bonds. The van der Waals surface area contributed by atoms with Crippen LogP contribution in [0.15, 0.2) is 60.7 Å². The SMILES string of the molecule is CC(C)(NC(=O)c1cc2c(NC(=O)c3ccc(CN4CCS(=O)(=O)CC4)cc3)[nH]nc2s1)c1ccccc1. The van der Waals surface area contributed by atoms with Gasteiger partial charge in [0, 0.05) is 25.2 Å². The minimum atomic E-state index is -2.91. The molecule has 198 valence electrons. The second-order valence-corrected chi connectivity index (χ2v) is 13.3. The maximum absolute atomic E-state index is 13.0. The number of fused-ring (bicyclic) bond motifs is 1. The van der Waals surface area contributed by atoms with Crippen molar-refractivity contribution in [2.24, 2.45) is 0 Å². The third-order valence-corrected chi connectivity index (χ3v) is 9.33. The number of carbonyl (C=O) groups excluding carboxylic acids is 2. The van der Waals surface area contributed by atoms with Gasteiger partial charge in [-0.25, -0.2) is 8.42 Å². The number of rotatable bonds is 7. The number of nitrogens with one attached hydrogen (secondary N) is 3. The number of H-pyrrole nitrogens is 1. The van der Waals surface area contributed by atoms with Crippen LogP contribution in [-0.4, -0.2) is 59.9 Å². The molecule has 11 heteroatoms. The number of hydrogen-bond donors (Lipinski definition) is 3. The van der Waals surface area contributed by atoms with Crippen molar-refractivity contribution >= 4 is 49.0 Å². The van der Waals surface area contributed by atoms with Crippen molar-refractivity contribution in [1.82, 2.24) is 20.4 Å². The molecule has 4 aromatic rings. The Morgan fingerprint density at radius 2 is 1.71 bits per heavy atom. The van der Waals surface area contributed by atoms with Gasteiger partial charge >= 0.3 is 0 Å². The predicted octanol–water partition coefficient (Wildman–Crippen LogP) is 3.77. The highest BCUT2D eigenvalue weighted by Crippen LogP contribution is 2.30. The Balaban J connectivity index is 1.23. The largest absolute Gasteiger partial charge is 0.342 e. The minimum absolute atomic E-state index is 0.183. The highest BCUT2D eigenvalue weighted by atomic mass is 32.2. The van der Waals surface area contributed by atoms with Crippen molar-refractivity contribution in [3.05, 3.63) is 82.2 Å². The Morgan fingerprint density at radius 1 is 1.03 bits per heavy atom. The zero-order valence-electron chi connectivity index (χ0n) is 21.2. The van der Waals surface area contributed by atoms with Crippen LogP contribution in [0.5, 0.6) is 0 Å². The lowest BCUT2D eigenvalue weighted by Gasteiger charge is -2.26. The van der Waals surface area contributed by atoms with Gasteiger partial charge in [-0.1, -0.05) is 42.5 Å². The molecule has 9 nitrogen and oxygen atoms in total. The lowest BCUT2D eigenvalue weighted by atomic mass is 9.94. The van der Waals surface area contributed by atoms with Gasteiger partial charge in [0.15, 0.2) is 9.84 Å². The van der Waals surface area contributed by atoms with E-state index in [2.05, 4.69) is 25.7 Å². The molecule has 0 aliphatic carbocycles. The number of hydrogen-bond acceptors (Lipinski definition) is 7. The van der Waals surface area contributed by atoms with E-state index in [0.717, 1.165) is 11.1 Å². The molecule has 2 aromatic carbocycles. The monoisotopic (exact) mass is 551 g/mol. The number of sulfone groups is 1. The van der Waals surface area contributed by atoms with Crippen LogP contribution in [0.1, 0.15) is 45.0 Å². The Morgan fingerprint density at radius 3 is 2.39 bits per heavy atom. The number of anilines is 1. The van der Waals surface area contributed by atoms with Crippen molar-refractivity contribution in [2.75, 3.05) is 29.9 Å². The van der Waals surface area contributed by atoms with Crippen LogP contribution in [0.3, 0.4) is 0 Å². The molecule has 1 aliphatic rings. The van der Waals surface area contributed by atoms with Gasteiger partial charge in [-0.2, -0.15) is 5.10 Å². The first kappa shape index (κ1) is 26.1. The highest BCUT2D eigenvalue weighted by Gasteiger charge is 2.25. The lowest BCUT2D eigenvalue weighted by Crippen LogP contribution is -2.40. The first-order valence-corrected chi connectivity index (χ1v) is 14.9. The van der Waals surface area contributed by atoms with E-state index in [-0.39, 0.29) is 23.3 Å². The van der Waals surface area contributed by atoms with Gasteiger partial charge in [0.1, 0.15) is 10.6 Å². The zero-order valence-corrected chi connectivity index (χ0v) is 22.8. The number of carbonyl (C=O) groups is 2. The third-order valence-electron chi connectivity index (χ3n) is 6.69. The summed E-state index contributed by atoms with van der Waals surface area (Å²) in [7, 11) is -2.91. The summed E-state index contributed by atoms with van der Waals surface area (Å²) in [6, 6.07) is 18.7. The quantitative estimate of drug-likeness (QED) is 0.321. The molecule has 2 aromatic heterocycles. The smallest absolute Gasteiger partial charge is 0.262 e. The van der Waals surface area contributed by atoms with E-state index in [4.69, 9.17) is 0 Å². The summed E-state index contributed by atoms with van der Waals surface area (Å²) < 4.78 is 23.3. The molecular formula is C27H29N5O4S2. The van der Waals surface area contributed by atoms with Crippen LogP contribution in [0.4, 0.5) is 5.82 Å². The van der Waals surface area contributed by atoms with Crippen LogP contribution in [-0.2, 0) is 21.9 Å². The number of thiophene rings is 1. The predicted molar refractivity (Wildman–Crippen MR) is 149 cm³/mol. The van der Waals surface area contributed by atoms with Crippen molar-refractivity contribution in [2.45, 2.75) is 25.9 Å². The van der Waals surface area contributed by atoms with Crippen molar-refractivity contribution in [3.63, 3.8) is 0 Å². The summed E-state index contributed by atoms with van der Waals surface area (Å²) in [5.41, 5.74) is 1.94. The van der Waals surface area contributed by atoms with Gasteiger partial charge in [0.2, 0.25) is 0 Å². The first-order chi connectivity index (χ1) is 18.1. The highest BCUT2D eigenvalue weighted by molar-refractivity contribution is 7.91. The van der Waals surface area contributed by atoms with Crippen molar-refractivity contribution in [1.29, 1.82) is 0 Å². The molecule has 5 rings (SSSR count). The fraction of sp³-hybridized carbons (Fsp3) is 0.296. The van der Waals surface area contributed by atoms with E-state index < -0.39 is 15.4 Å². The summed E-state index contributed by atoms with van der Waals surface area (Å²) >= 11 is 1.26. The normalized spacial score (nSPS) is 15.8. The van der Waals surface area contributed by atoms with Crippen LogP contribution in [0.2, 0.25) is 0 Å². The first-order valence-electron chi connectivity index (χ1n) is 12.3. The van der Waals surface area contributed by atoms with Gasteiger partial charge in [-0.05, 0) is 43.2 Å². The fourth-order valence-electron chi connectivity index (χ4n) is 4.40. The summed E-state index contributed by atoms with van der Waals surface area (Å²) in [5, 5.41) is 13.7. The van der Waals surface area contributed by atoms with Gasteiger partial charge in [-0.15, -0.1) is 11.3 Å². The average molecular weight is 552 g/mol. The standard InChI is InChI=1S/C27H29N5O4S2/c1-27(2,20-6-4-3-5-7-20)29-25(34)22-16-21-23(30-31-26(21)37-22)28-24(33)19-10-8-18(9-11-19)17-32-12-14-38(35,36)15-13-32/h3-11,16H,12-15,17H2,1-2H3,(H,29,34)(H2,28,30,31,33). The van der Waals surface area contributed by atoms with E-state index in [1.165, 1.54) is 11.3 Å². The molecule has 38 heavy (non-hydrogen) atoms. The maximum atomic E-state index is 13.0.